The van der Waals surface area contributed by atoms with Gasteiger partial charge < -0.3 is 0 Å². The van der Waals surface area contributed by atoms with E-state index >= 15 is 0 Å². The van der Waals surface area contributed by atoms with Gasteiger partial charge in [-0.05, 0) is 24.6 Å². The summed E-state index contributed by atoms with van der Waals surface area (Å²) in [5, 5.41) is 0.514. The van der Waals surface area contributed by atoms with Crippen LogP contribution < -0.4 is 0 Å². The highest BCUT2D eigenvalue weighted by atomic mass is 35.5. The molecule has 0 aliphatic rings. The summed E-state index contributed by atoms with van der Waals surface area (Å²) in [6.07, 6.45) is 1.70. The van der Waals surface area contributed by atoms with E-state index in [0.717, 1.165) is 11.3 Å². The van der Waals surface area contributed by atoms with Gasteiger partial charge in [-0.15, -0.1) is 0 Å². The van der Waals surface area contributed by atoms with Crippen LogP contribution in [-0.2, 0) is 0 Å². The summed E-state index contributed by atoms with van der Waals surface area (Å²) in [6, 6.07) is 3.69. The second-order valence-electron chi connectivity index (χ2n) is 2.04. The molecule has 0 atom stereocenters. The van der Waals surface area contributed by atoms with E-state index in [1.165, 1.54) is 0 Å². The van der Waals surface area contributed by atoms with Gasteiger partial charge in [-0.1, -0.05) is 24.2 Å². The Morgan fingerprint density at radius 1 is 1.60 bits per heavy atom. The maximum Gasteiger partial charge on any atom is 0.129 e. The Morgan fingerprint density at radius 2 is 2.30 bits per heavy atom. The summed E-state index contributed by atoms with van der Waals surface area (Å²) in [6.45, 7) is 5.58. The number of aromatic nitrogens is 1. The van der Waals surface area contributed by atoms with E-state index in [1.54, 1.807) is 12.1 Å². The summed E-state index contributed by atoms with van der Waals surface area (Å²) in [5.74, 6) is 0. The Labute approximate surface area is 65.4 Å². The predicted molar refractivity (Wildman–Crippen MR) is 44.1 cm³/mol. The minimum absolute atomic E-state index is 0.514. The molecule has 0 fully saturated rings. The molecule has 10 heavy (non-hydrogen) atoms. The van der Waals surface area contributed by atoms with E-state index in [-0.39, 0.29) is 0 Å². The normalized spacial score (nSPS) is 9.40. The first kappa shape index (κ1) is 7.29. The molecule has 0 spiro atoms. The van der Waals surface area contributed by atoms with Crippen molar-refractivity contribution in [3.05, 3.63) is 35.1 Å². The number of rotatable bonds is 1. The van der Waals surface area contributed by atoms with E-state index < -0.39 is 0 Å². The molecule has 52 valence electrons. The Hall–Kier alpha value is -0.820. The van der Waals surface area contributed by atoms with Crippen molar-refractivity contribution in [2.24, 2.45) is 0 Å². The molecule has 0 aliphatic carbocycles. The molecule has 2 heteroatoms. The van der Waals surface area contributed by atoms with Crippen LogP contribution in [0.15, 0.2) is 18.7 Å². The number of nitrogens with zero attached hydrogens (tertiary/aromatic N) is 1. The lowest BCUT2D eigenvalue weighted by molar-refractivity contribution is 1.24. The Kier molecular flexibility index (Phi) is 2.07. The third-order valence-electron chi connectivity index (χ3n) is 1.30. The van der Waals surface area contributed by atoms with Gasteiger partial charge in [-0.2, -0.15) is 0 Å². The minimum atomic E-state index is 0.514. The molecule has 0 radical (unpaired) electrons. The van der Waals surface area contributed by atoms with Gasteiger partial charge in [0.2, 0.25) is 0 Å². The first-order chi connectivity index (χ1) is 4.74. The number of halogens is 1. The summed E-state index contributed by atoms with van der Waals surface area (Å²) in [7, 11) is 0. The topological polar surface area (TPSA) is 12.9 Å². The molecule has 1 rings (SSSR count). The lowest BCUT2D eigenvalue weighted by Crippen LogP contribution is -1.84. The molecule has 1 nitrogen and oxygen atoms in total. The monoisotopic (exact) mass is 153 g/mol. The van der Waals surface area contributed by atoms with Gasteiger partial charge in [0.05, 0.1) is 5.69 Å². The van der Waals surface area contributed by atoms with Gasteiger partial charge in [0, 0.05) is 0 Å². The second kappa shape index (κ2) is 2.84. The van der Waals surface area contributed by atoms with Crippen LogP contribution in [0.4, 0.5) is 0 Å². The lowest BCUT2D eigenvalue weighted by atomic mass is 10.2. The van der Waals surface area contributed by atoms with Crippen molar-refractivity contribution < 1.29 is 0 Å². The average Bonchev–Trinajstić information content (AvgIpc) is 1.94. The highest BCUT2D eigenvalue weighted by Crippen LogP contribution is 2.10. The fourth-order valence-corrected chi connectivity index (χ4v) is 0.880. The van der Waals surface area contributed by atoms with Crippen LogP contribution in [0.5, 0.6) is 0 Å². The van der Waals surface area contributed by atoms with Gasteiger partial charge in [0.1, 0.15) is 5.15 Å². The van der Waals surface area contributed by atoms with Crippen LogP contribution in [0.25, 0.3) is 6.08 Å². The van der Waals surface area contributed by atoms with Crippen LogP contribution in [0, 0.1) is 6.92 Å². The van der Waals surface area contributed by atoms with Crippen molar-refractivity contribution in [3.8, 4) is 0 Å². The molecule has 0 aromatic carbocycles. The van der Waals surface area contributed by atoms with Crippen molar-refractivity contribution >= 4 is 17.7 Å². The molecule has 1 heterocycles. The van der Waals surface area contributed by atoms with Gasteiger partial charge in [-0.25, -0.2) is 4.98 Å². The minimum Gasteiger partial charge on any atom is -0.236 e. The second-order valence-corrected chi connectivity index (χ2v) is 2.43. The van der Waals surface area contributed by atoms with Gasteiger partial charge in [0.15, 0.2) is 0 Å². The zero-order valence-electron chi connectivity index (χ0n) is 5.76. The predicted octanol–water partition coefficient (Wildman–Crippen LogP) is 2.69. The standard InChI is InChI=1S/C8H8ClN/c1-3-7-6(2)4-5-8(9)10-7/h3-5H,1H2,2H3. The van der Waals surface area contributed by atoms with Gasteiger partial charge >= 0.3 is 0 Å². The van der Waals surface area contributed by atoms with Crippen molar-refractivity contribution in [1.82, 2.24) is 4.98 Å². The van der Waals surface area contributed by atoms with E-state index in [4.69, 9.17) is 11.6 Å². The molecule has 0 saturated carbocycles. The number of hydrogen-bond donors (Lipinski definition) is 0. The first-order valence-corrected chi connectivity index (χ1v) is 3.37. The highest BCUT2D eigenvalue weighted by Gasteiger charge is 1.94. The maximum atomic E-state index is 5.64. The molecular formula is C8H8ClN. The Morgan fingerprint density at radius 3 is 2.80 bits per heavy atom. The molecule has 0 amide bonds. The van der Waals surface area contributed by atoms with Crippen LogP contribution in [0.2, 0.25) is 5.15 Å². The molecule has 0 N–H and O–H groups in total. The van der Waals surface area contributed by atoms with Crippen molar-refractivity contribution in [1.29, 1.82) is 0 Å². The van der Waals surface area contributed by atoms with Crippen molar-refractivity contribution in [2.45, 2.75) is 6.92 Å². The van der Waals surface area contributed by atoms with E-state index in [9.17, 15) is 0 Å². The Bertz CT molecular complexity index is 255. The zero-order chi connectivity index (χ0) is 7.56. The zero-order valence-corrected chi connectivity index (χ0v) is 6.52. The molecule has 1 aromatic heterocycles. The summed E-state index contributed by atoms with van der Waals surface area (Å²) in [4.78, 5) is 4.04. The van der Waals surface area contributed by atoms with E-state index in [1.807, 2.05) is 13.0 Å². The third kappa shape index (κ3) is 1.36. The average molecular weight is 154 g/mol. The van der Waals surface area contributed by atoms with Crippen LogP contribution in [0.3, 0.4) is 0 Å². The number of hydrogen-bond acceptors (Lipinski definition) is 1. The first-order valence-electron chi connectivity index (χ1n) is 2.99. The molecule has 0 saturated heterocycles. The summed E-state index contributed by atoms with van der Waals surface area (Å²) < 4.78 is 0. The molecule has 0 unspecified atom stereocenters. The van der Waals surface area contributed by atoms with Crippen LogP contribution in [-0.4, -0.2) is 4.98 Å². The van der Waals surface area contributed by atoms with E-state index in [2.05, 4.69) is 11.6 Å². The highest BCUT2D eigenvalue weighted by molar-refractivity contribution is 6.29. The smallest absolute Gasteiger partial charge is 0.129 e. The third-order valence-corrected chi connectivity index (χ3v) is 1.51. The van der Waals surface area contributed by atoms with Crippen molar-refractivity contribution in [2.75, 3.05) is 0 Å². The molecule has 1 aromatic rings. The van der Waals surface area contributed by atoms with Gasteiger partial charge in [-0.3, -0.25) is 0 Å². The van der Waals surface area contributed by atoms with Crippen LogP contribution >= 0.6 is 11.6 Å². The number of aryl methyl sites for hydroxylation is 1. The summed E-state index contributed by atoms with van der Waals surface area (Å²) >= 11 is 5.64. The molecule has 0 bridgehead atoms. The quantitative estimate of drug-likeness (QED) is 0.566. The summed E-state index contributed by atoms with van der Waals surface area (Å²) in [5.41, 5.74) is 1.95. The largest absolute Gasteiger partial charge is 0.236 e. The van der Waals surface area contributed by atoms with Crippen molar-refractivity contribution in [3.63, 3.8) is 0 Å². The van der Waals surface area contributed by atoms with Gasteiger partial charge in [0.25, 0.3) is 0 Å². The Balaban J connectivity index is 3.21. The fraction of sp³-hybridized carbons (Fsp3) is 0.125. The van der Waals surface area contributed by atoms with E-state index in [0.29, 0.717) is 5.15 Å². The molecular weight excluding hydrogens is 146 g/mol. The lowest BCUT2D eigenvalue weighted by Gasteiger charge is -1.97. The SMILES string of the molecule is C=Cc1nc(Cl)ccc1C. The molecule has 0 aliphatic heterocycles. The maximum absolute atomic E-state index is 5.64. The van der Waals surface area contributed by atoms with Crippen LogP contribution in [0.1, 0.15) is 11.3 Å². The fourth-order valence-electron chi connectivity index (χ4n) is 0.726. The number of pyridine rings is 1.